The van der Waals surface area contributed by atoms with E-state index in [9.17, 15) is 4.79 Å². The largest absolute Gasteiger partial charge is 0.382 e. The molecule has 3 nitrogen and oxygen atoms in total. The number of anilines is 2. The van der Waals surface area contributed by atoms with Crippen LogP contribution in [-0.2, 0) is 0 Å². The maximum absolute atomic E-state index is 12.0. The summed E-state index contributed by atoms with van der Waals surface area (Å²) < 4.78 is 0. The molecule has 0 heterocycles. The van der Waals surface area contributed by atoms with E-state index < -0.39 is 0 Å². The smallest absolute Gasteiger partial charge is 0.255 e. The molecule has 1 amide bonds. The van der Waals surface area contributed by atoms with E-state index >= 15 is 0 Å². The molecular formula is C16H15ClN2O. The third-order valence-corrected chi connectivity index (χ3v) is 2.95. The van der Waals surface area contributed by atoms with Crippen LogP contribution in [-0.4, -0.2) is 12.5 Å². The molecule has 0 aromatic heterocycles. The molecule has 0 spiro atoms. The van der Waals surface area contributed by atoms with Crippen LogP contribution in [0.5, 0.6) is 0 Å². The summed E-state index contributed by atoms with van der Waals surface area (Å²) in [6.07, 6.45) is 1.79. The topological polar surface area (TPSA) is 41.1 Å². The first-order chi connectivity index (χ1) is 9.69. The molecule has 102 valence electrons. The summed E-state index contributed by atoms with van der Waals surface area (Å²) in [5.41, 5.74) is 2.30. The number of benzene rings is 2. The zero-order chi connectivity index (χ0) is 14.4. The molecule has 0 atom stereocenters. The minimum Gasteiger partial charge on any atom is -0.382 e. The molecule has 2 aromatic rings. The van der Waals surface area contributed by atoms with Crippen molar-refractivity contribution in [1.29, 1.82) is 0 Å². The Hall–Kier alpha value is -2.26. The van der Waals surface area contributed by atoms with E-state index in [0.29, 0.717) is 17.1 Å². The van der Waals surface area contributed by atoms with Gasteiger partial charge < -0.3 is 10.6 Å². The van der Waals surface area contributed by atoms with Gasteiger partial charge in [0.25, 0.3) is 5.91 Å². The van der Waals surface area contributed by atoms with Gasteiger partial charge in [-0.15, -0.1) is 6.58 Å². The highest BCUT2D eigenvalue weighted by molar-refractivity contribution is 6.30. The fourth-order valence-corrected chi connectivity index (χ4v) is 1.79. The van der Waals surface area contributed by atoms with Crippen LogP contribution in [0.25, 0.3) is 0 Å². The predicted molar refractivity (Wildman–Crippen MR) is 84.5 cm³/mol. The van der Waals surface area contributed by atoms with Crippen molar-refractivity contribution in [2.45, 2.75) is 0 Å². The van der Waals surface area contributed by atoms with Crippen molar-refractivity contribution >= 4 is 28.9 Å². The van der Waals surface area contributed by atoms with Crippen LogP contribution in [0.3, 0.4) is 0 Å². The molecule has 0 fully saturated rings. The molecule has 4 heteroatoms. The molecule has 2 rings (SSSR count). The minimum absolute atomic E-state index is 0.159. The fourth-order valence-electron chi connectivity index (χ4n) is 1.67. The van der Waals surface area contributed by atoms with Crippen LogP contribution in [0, 0.1) is 0 Å². The molecule has 0 unspecified atom stereocenters. The van der Waals surface area contributed by atoms with Gasteiger partial charge in [0, 0.05) is 28.5 Å². The van der Waals surface area contributed by atoms with Gasteiger partial charge in [-0.3, -0.25) is 4.79 Å². The van der Waals surface area contributed by atoms with E-state index in [1.807, 2.05) is 24.3 Å². The van der Waals surface area contributed by atoms with E-state index in [1.165, 1.54) is 0 Å². The minimum atomic E-state index is -0.159. The van der Waals surface area contributed by atoms with Crippen molar-refractivity contribution < 1.29 is 4.79 Å². The van der Waals surface area contributed by atoms with Crippen molar-refractivity contribution in [3.8, 4) is 0 Å². The number of rotatable bonds is 5. The van der Waals surface area contributed by atoms with Gasteiger partial charge in [-0.1, -0.05) is 17.7 Å². The number of nitrogens with one attached hydrogen (secondary N) is 2. The number of carbonyl (C=O) groups is 1. The normalized spacial score (nSPS) is 9.85. The number of amides is 1. The van der Waals surface area contributed by atoms with Crippen LogP contribution in [0.4, 0.5) is 11.4 Å². The zero-order valence-electron chi connectivity index (χ0n) is 10.9. The number of hydrogen-bond acceptors (Lipinski definition) is 2. The second kappa shape index (κ2) is 6.78. The first-order valence-electron chi connectivity index (χ1n) is 6.21. The van der Waals surface area contributed by atoms with Crippen molar-refractivity contribution in [1.82, 2.24) is 0 Å². The first-order valence-corrected chi connectivity index (χ1v) is 6.58. The van der Waals surface area contributed by atoms with Crippen molar-refractivity contribution in [2.75, 3.05) is 17.2 Å². The Morgan fingerprint density at radius 3 is 2.25 bits per heavy atom. The SMILES string of the molecule is C=CCNc1ccc(NC(=O)c2ccc(Cl)cc2)cc1. The quantitative estimate of drug-likeness (QED) is 0.809. The summed E-state index contributed by atoms with van der Waals surface area (Å²) >= 11 is 5.79. The van der Waals surface area contributed by atoms with Gasteiger partial charge in [0.05, 0.1) is 0 Å². The van der Waals surface area contributed by atoms with Gasteiger partial charge >= 0.3 is 0 Å². The van der Waals surface area contributed by atoms with E-state index in [4.69, 9.17) is 11.6 Å². The van der Waals surface area contributed by atoms with Gasteiger partial charge in [-0.25, -0.2) is 0 Å². The lowest BCUT2D eigenvalue weighted by Crippen LogP contribution is -2.11. The summed E-state index contributed by atoms with van der Waals surface area (Å²) in [6, 6.07) is 14.3. The Balaban J connectivity index is 2.00. The second-order valence-corrected chi connectivity index (χ2v) is 4.64. The average molecular weight is 287 g/mol. The molecule has 0 saturated carbocycles. The van der Waals surface area contributed by atoms with Crippen LogP contribution in [0.1, 0.15) is 10.4 Å². The van der Waals surface area contributed by atoms with Gasteiger partial charge in [-0.2, -0.15) is 0 Å². The van der Waals surface area contributed by atoms with E-state index in [2.05, 4.69) is 17.2 Å². The molecule has 20 heavy (non-hydrogen) atoms. The van der Waals surface area contributed by atoms with Gasteiger partial charge in [0.1, 0.15) is 0 Å². The molecule has 0 saturated heterocycles. The van der Waals surface area contributed by atoms with Crippen LogP contribution < -0.4 is 10.6 Å². The summed E-state index contributed by atoms with van der Waals surface area (Å²) in [6.45, 7) is 4.35. The third-order valence-electron chi connectivity index (χ3n) is 2.70. The predicted octanol–water partition coefficient (Wildman–Crippen LogP) is 4.19. The van der Waals surface area contributed by atoms with Crippen molar-refractivity contribution in [3.63, 3.8) is 0 Å². The molecule has 0 aliphatic rings. The Morgan fingerprint density at radius 2 is 1.65 bits per heavy atom. The van der Waals surface area contributed by atoms with Crippen LogP contribution >= 0.6 is 11.6 Å². The molecule has 0 aliphatic heterocycles. The van der Waals surface area contributed by atoms with E-state index in [0.717, 1.165) is 11.4 Å². The van der Waals surface area contributed by atoms with Crippen molar-refractivity contribution in [3.05, 3.63) is 71.8 Å². The highest BCUT2D eigenvalue weighted by Gasteiger charge is 2.05. The molecular weight excluding hydrogens is 272 g/mol. The maximum atomic E-state index is 12.0. The van der Waals surface area contributed by atoms with E-state index in [1.54, 1.807) is 30.3 Å². The highest BCUT2D eigenvalue weighted by Crippen LogP contribution is 2.15. The zero-order valence-corrected chi connectivity index (χ0v) is 11.7. The fraction of sp³-hybridized carbons (Fsp3) is 0.0625. The highest BCUT2D eigenvalue weighted by atomic mass is 35.5. The Morgan fingerprint density at radius 1 is 1.05 bits per heavy atom. The third kappa shape index (κ3) is 3.87. The lowest BCUT2D eigenvalue weighted by Gasteiger charge is -2.07. The molecule has 0 bridgehead atoms. The lowest BCUT2D eigenvalue weighted by molar-refractivity contribution is 0.102. The summed E-state index contributed by atoms with van der Waals surface area (Å²) in [4.78, 5) is 12.0. The summed E-state index contributed by atoms with van der Waals surface area (Å²) in [5, 5.41) is 6.61. The summed E-state index contributed by atoms with van der Waals surface area (Å²) in [5.74, 6) is -0.159. The lowest BCUT2D eigenvalue weighted by atomic mass is 10.2. The van der Waals surface area contributed by atoms with Crippen LogP contribution in [0.2, 0.25) is 5.02 Å². The maximum Gasteiger partial charge on any atom is 0.255 e. The molecule has 0 radical (unpaired) electrons. The average Bonchev–Trinajstić information content (AvgIpc) is 2.47. The Bertz CT molecular complexity index is 591. The monoisotopic (exact) mass is 286 g/mol. The first kappa shape index (κ1) is 14.2. The van der Waals surface area contributed by atoms with Gasteiger partial charge in [-0.05, 0) is 48.5 Å². The number of carbonyl (C=O) groups excluding carboxylic acids is 1. The van der Waals surface area contributed by atoms with E-state index in [-0.39, 0.29) is 5.91 Å². The molecule has 2 N–H and O–H groups in total. The summed E-state index contributed by atoms with van der Waals surface area (Å²) in [7, 11) is 0. The van der Waals surface area contributed by atoms with Crippen LogP contribution in [0.15, 0.2) is 61.2 Å². The second-order valence-electron chi connectivity index (χ2n) is 4.21. The van der Waals surface area contributed by atoms with Crippen molar-refractivity contribution in [2.24, 2.45) is 0 Å². The Labute approximate surface area is 123 Å². The number of hydrogen-bond donors (Lipinski definition) is 2. The molecule has 2 aromatic carbocycles. The Kier molecular flexibility index (Phi) is 4.80. The van der Waals surface area contributed by atoms with Gasteiger partial charge in [0.15, 0.2) is 0 Å². The number of halogens is 1. The molecule has 0 aliphatic carbocycles. The van der Waals surface area contributed by atoms with Gasteiger partial charge in [0.2, 0.25) is 0 Å². The standard InChI is InChI=1S/C16H15ClN2O/c1-2-11-18-14-7-9-15(10-8-14)19-16(20)12-3-5-13(17)6-4-12/h2-10,18H,1,11H2,(H,19,20).